The number of carbonyl (C=O) groups excluding carboxylic acids is 1. The van der Waals surface area contributed by atoms with Crippen molar-refractivity contribution in [3.8, 4) is 0 Å². The van der Waals surface area contributed by atoms with Crippen molar-refractivity contribution >= 4 is 55.8 Å². The molecule has 1 N–H and O–H groups in total. The molecule has 1 aliphatic heterocycles. The maximum Gasteiger partial charge on any atom is 0.243 e. The summed E-state index contributed by atoms with van der Waals surface area (Å²) in [5, 5.41) is 12.1. The summed E-state index contributed by atoms with van der Waals surface area (Å²) < 4.78 is 27.9. The third kappa shape index (κ3) is 5.24. The van der Waals surface area contributed by atoms with Crippen LogP contribution in [-0.2, 0) is 14.8 Å². The fourth-order valence-electron chi connectivity index (χ4n) is 2.85. The van der Waals surface area contributed by atoms with Crippen LogP contribution >= 0.6 is 34.7 Å². The summed E-state index contributed by atoms with van der Waals surface area (Å²) in [7, 11) is -3.66. The minimum absolute atomic E-state index is 0.142. The number of benzene rings is 1. The Kier molecular flexibility index (Phi) is 6.98. The van der Waals surface area contributed by atoms with Gasteiger partial charge in [0.1, 0.15) is 0 Å². The average molecular weight is 461 g/mol. The SMILES string of the molecule is CC(C)Sc1nnc(NC(=O)[C@H]2CCCN(S(=O)(=O)c3ccc(Cl)cc3)C2)s1. The quantitative estimate of drug-likeness (QED) is 0.521. The van der Waals surface area contributed by atoms with E-state index in [1.807, 2.05) is 0 Å². The second-order valence-electron chi connectivity index (χ2n) is 6.69. The van der Waals surface area contributed by atoms with Crippen LogP contribution in [0.25, 0.3) is 0 Å². The summed E-state index contributed by atoms with van der Waals surface area (Å²) in [6, 6.07) is 6.06. The lowest BCUT2D eigenvalue weighted by atomic mass is 9.99. The first kappa shape index (κ1) is 21.5. The van der Waals surface area contributed by atoms with Crippen LogP contribution in [0.2, 0.25) is 5.02 Å². The van der Waals surface area contributed by atoms with Crippen molar-refractivity contribution in [2.75, 3.05) is 18.4 Å². The number of rotatable bonds is 6. The number of aromatic nitrogens is 2. The number of carbonyl (C=O) groups is 1. The highest BCUT2D eigenvalue weighted by atomic mass is 35.5. The van der Waals surface area contributed by atoms with Gasteiger partial charge in [0.15, 0.2) is 4.34 Å². The summed E-state index contributed by atoms with van der Waals surface area (Å²) >= 11 is 8.75. The number of hydrogen-bond acceptors (Lipinski definition) is 7. The van der Waals surface area contributed by atoms with Crippen molar-refractivity contribution in [2.24, 2.45) is 5.92 Å². The van der Waals surface area contributed by atoms with Gasteiger partial charge >= 0.3 is 0 Å². The molecule has 0 aliphatic carbocycles. The van der Waals surface area contributed by atoms with E-state index in [0.29, 0.717) is 34.8 Å². The van der Waals surface area contributed by atoms with Crippen LogP contribution in [0.5, 0.6) is 0 Å². The number of halogens is 1. The molecule has 7 nitrogen and oxygen atoms in total. The van der Waals surface area contributed by atoms with Crippen LogP contribution in [-0.4, -0.2) is 47.2 Å². The Balaban J connectivity index is 1.66. The first-order valence-electron chi connectivity index (χ1n) is 8.82. The topological polar surface area (TPSA) is 92.3 Å². The van der Waals surface area contributed by atoms with Gasteiger partial charge in [-0.25, -0.2) is 8.42 Å². The molecule has 0 unspecified atom stereocenters. The zero-order chi connectivity index (χ0) is 20.3. The molecule has 1 aromatic heterocycles. The molecular formula is C17H21ClN4O3S3. The minimum Gasteiger partial charge on any atom is -0.300 e. The van der Waals surface area contributed by atoms with Crippen LogP contribution in [0.1, 0.15) is 26.7 Å². The average Bonchev–Trinajstić information content (AvgIpc) is 3.08. The standard InChI is InChI=1S/C17H21ClN4O3S3/c1-11(2)26-17-21-20-16(27-17)19-15(23)12-4-3-9-22(10-12)28(24,25)14-7-5-13(18)6-8-14/h5-8,11-12H,3-4,9-10H2,1-2H3,(H,19,20,23)/t12-/m0/s1. The highest BCUT2D eigenvalue weighted by Crippen LogP contribution is 2.30. The van der Waals surface area contributed by atoms with E-state index in [2.05, 4.69) is 29.4 Å². The number of thioether (sulfide) groups is 1. The molecule has 0 bridgehead atoms. The highest BCUT2D eigenvalue weighted by molar-refractivity contribution is 8.01. The van der Waals surface area contributed by atoms with Crippen LogP contribution in [0.15, 0.2) is 33.5 Å². The van der Waals surface area contributed by atoms with Gasteiger partial charge in [0.2, 0.25) is 21.1 Å². The molecule has 1 aromatic carbocycles. The molecule has 1 fully saturated rings. The lowest BCUT2D eigenvalue weighted by Gasteiger charge is -2.31. The first-order valence-corrected chi connectivity index (χ1v) is 12.3. The Bertz CT molecular complexity index is 931. The van der Waals surface area contributed by atoms with Gasteiger partial charge in [0.05, 0.1) is 10.8 Å². The van der Waals surface area contributed by atoms with Crippen LogP contribution < -0.4 is 5.32 Å². The number of hydrogen-bond donors (Lipinski definition) is 1. The molecule has 2 heterocycles. The summed E-state index contributed by atoms with van der Waals surface area (Å²) in [5.74, 6) is -0.658. The second kappa shape index (κ2) is 9.08. The molecule has 152 valence electrons. The van der Waals surface area contributed by atoms with Crippen molar-refractivity contribution in [1.29, 1.82) is 0 Å². The first-order chi connectivity index (χ1) is 13.3. The van der Waals surface area contributed by atoms with E-state index in [1.54, 1.807) is 23.9 Å². The van der Waals surface area contributed by atoms with E-state index < -0.39 is 15.9 Å². The number of sulfonamides is 1. The van der Waals surface area contributed by atoms with Gasteiger partial charge in [0.25, 0.3) is 0 Å². The Morgan fingerprint density at radius 1 is 1.32 bits per heavy atom. The Labute approximate surface area is 177 Å². The number of anilines is 1. The smallest absolute Gasteiger partial charge is 0.243 e. The van der Waals surface area contributed by atoms with Crippen molar-refractivity contribution in [3.05, 3.63) is 29.3 Å². The number of nitrogens with one attached hydrogen (secondary N) is 1. The lowest BCUT2D eigenvalue weighted by Crippen LogP contribution is -2.43. The van der Waals surface area contributed by atoms with E-state index in [9.17, 15) is 13.2 Å². The highest BCUT2D eigenvalue weighted by Gasteiger charge is 2.33. The van der Waals surface area contributed by atoms with E-state index in [-0.39, 0.29) is 17.3 Å². The maximum absolute atomic E-state index is 12.9. The Morgan fingerprint density at radius 2 is 2.04 bits per heavy atom. The van der Waals surface area contributed by atoms with E-state index in [0.717, 1.165) is 4.34 Å². The fraction of sp³-hybridized carbons (Fsp3) is 0.471. The van der Waals surface area contributed by atoms with Crippen molar-refractivity contribution in [3.63, 3.8) is 0 Å². The van der Waals surface area contributed by atoms with Crippen molar-refractivity contribution < 1.29 is 13.2 Å². The molecule has 1 amide bonds. The monoisotopic (exact) mass is 460 g/mol. The molecular weight excluding hydrogens is 440 g/mol. The molecule has 0 spiro atoms. The van der Waals surface area contributed by atoms with E-state index in [1.165, 1.54) is 27.8 Å². The molecule has 28 heavy (non-hydrogen) atoms. The summed E-state index contributed by atoms with van der Waals surface area (Å²) in [5.41, 5.74) is 0. The number of piperidine rings is 1. The van der Waals surface area contributed by atoms with E-state index >= 15 is 0 Å². The second-order valence-corrected chi connectivity index (χ2v) is 11.9. The van der Waals surface area contributed by atoms with Gasteiger partial charge < -0.3 is 5.32 Å². The number of nitrogens with zero attached hydrogens (tertiary/aromatic N) is 3. The molecule has 2 aromatic rings. The molecule has 11 heteroatoms. The van der Waals surface area contributed by atoms with E-state index in [4.69, 9.17) is 11.6 Å². The van der Waals surface area contributed by atoms with Gasteiger partial charge in [-0.15, -0.1) is 10.2 Å². The Morgan fingerprint density at radius 3 is 2.71 bits per heavy atom. The van der Waals surface area contributed by atoms with Crippen LogP contribution in [0.4, 0.5) is 5.13 Å². The minimum atomic E-state index is -3.66. The summed E-state index contributed by atoms with van der Waals surface area (Å²) in [4.78, 5) is 12.8. The van der Waals surface area contributed by atoms with Crippen molar-refractivity contribution in [2.45, 2.75) is 41.2 Å². The zero-order valence-corrected chi connectivity index (χ0v) is 18.7. The predicted molar refractivity (Wildman–Crippen MR) is 112 cm³/mol. The van der Waals surface area contributed by atoms with Gasteiger partial charge in [-0.2, -0.15) is 4.31 Å². The van der Waals surface area contributed by atoms with Crippen LogP contribution in [0, 0.1) is 5.92 Å². The van der Waals surface area contributed by atoms with Gasteiger partial charge in [-0.05, 0) is 37.1 Å². The zero-order valence-electron chi connectivity index (χ0n) is 15.5. The van der Waals surface area contributed by atoms with Gasteiger partial charge in [0, 0.05) is 23.4 Å². The van der Waals surface area contributed by atoms with Crippen molar-refractivity contribution in [1.82, 2.24) is 14.5 Å². The summed E-state index contributed by atoms with van der Waals surface area (Å²) in [6.07, 6.45) is 1.25. The third-order valence-corrected chi connectivity index (χ3v) is 8.24. The molecule has 0 radical (unpaired) electrons. The summed E-state index contributed by atoms with van der Waals surface area (Å²) in [6.45, 7) is 4.65. The molecule has 1 atom stereocenters. The predicted octanol–water partition coefficient (Wildman–Crippen LogP) is 3.73. The molecule has 3 rings (SSSR count). The van der Waals surface area contributed by atoms with Crippen LogP contribution in [0.3, 0.4) is 0 Å². The number of amides is 1. The fourth-order valence-corrected chi connectivity index (χ4v) is 6.48. The normalized spacial score (nSPS) is 18.4. The lowest BCUT2D eigenvalue weighted by molar-refractivity contribution is -0.120. The molecule has 1 aliphatic rings. The largest absolute Gasteiger partial charge is 0.300 e. The third-order valence-electron chi connectivity index (χ3n) is 4.18. The molecule has 1 saturated heterocycles. The molecule has 0 saturated carbocycles. The van der Waals surface area contributed by atoms with Gasteiger partial charge in [-0.1, -0.05) is 48.5 Å². The Hall–Kier alpha value is -1.20. The maximum atomic E-state index is 12.9. The van der Waals surface area contributed by atoms with Gasteiger partial charge in [-0.3, -0.25) is 4.79 Å².